The molecule has 4 N–H and O–H groups in total. The number of aromatic nitrogens is 2. The van der Waals surface area contributed by atoms with E-state index < -0.39 is 5.91 Å². The van der Waals surface area contributed by atoms with E-state index in [1.165, 1.54) is 16.9 Å². The first-order valence-electron chi connectivity index (χ1n) is 11.2. The molecule has 0 aliphatic carbocycles. The normalized spacial score (nSPS) is 15.5. The van der Waals surface area contributed by atoms with Gasteiger partial charge in [-0.2, -0.15) is 0 Å². The second-order valence-corrected chi connectivity index (χ2v) is 9.61. The molecule has 0 saturated carbocycles. The van der Waals surface area contributed by atoms with Crippen molar-refractivity contribution in [3.8, 4) is 0 Å². The molecule has 1 amide bonds. The standard InChI is InChI=1S/C25H21N5O4S/c26-21-20(17(31)12-34-21)30-8-7-14-6-5-13(9-15(14)11-30)10-27-24(33)22-28-23(32)19-16-3-1-2-4-18(16)35-25(19)29-22/h1-6,9H,7-8,10-12,26H2,(H,27,33)(H,28,29,32). The van der Waals surface area contributed by atoms with Crippen molar-refractivity contribution in [1.29, 1.82) is 0 Å². The van der Waals surface area contributed by atoms with E-state index in [9.17, 15) is 14.4 Å². The van der Waals surface area contributed by atoms with Crippen LogP contribution in [0.5, 0.6) is 0 Å². The minimum absolute atomic E-state index is 0.0136. The third-order valence-electron chi connectivity index (χ3n) is 6.37. The number of ether oxygens (including phenoxy) is 1. The van der Waals surface area contributed by atoms with Crippen molar-refractivity contribution in [3.05, 3.63) is 86.9 Å². The fourth-order valence-corrected chi connectivity index (χ4v) is 5.74. The highest BCUT2D eigenvalue weighted by Crippen LogP contribution is 2.30. The van der Waals surface area contributed by atoms with Crippen molar-refractivity contribution in [2.45, 2.75) is 19.5 Å². The average Bonchev–Trinajstić information content (AvgIpc) is 3.41. The van der Waals surface area contributed by atoms with Crippen LogP contribution in [0, 0.1) is 0 Å². The van der Waals surface area contributed by atoms with Crippen LogP contribution in [-0.4, -0.2) is 39.7 Å². The summed E-state index contributed by atoms with van der Waals surface area (Å²) in [7, 11) is 0. The molecular weight excluding hydrogens is 466 g/mol. The average molecular weight is 488 g/mol. The maximum absolute atomic E-state index is 12.8. The Hall–Kier alpha value is -4.18. The van der Waals surface area contributed by atoms with E-state index >= 15 is 0 Å². The second kappa shape index (κ2) is 8.24. The third kappa shape index (κ3) is 3.71. The van der Waals surface area contributed by atoms with Crippen molar-refractivity contribution < 1.29 is 14.3 Å². The number of Topliss-reactive ketones (excluding diaryl/α,β-unsaturated/α-hetero) is 1. The van der Waals surface area contributed by atoms with Gasteiger partial charge in [0.15, 0.2) is 6.61 Å². The number of carbonyl (C=O) groups excluding carboxylic acids is 2. The molecular formula is C25H21N5O4S. The maximum Gasteiger partial charge on any atom is 0.287 e. The summed E-state index contributed by atoms with van der Waals surface area (Å²) in [5, 5.41) is 4.18. The molecule has 2 aromatic heterocycles. The number of rotatable bonds is 4. The molecule has 0 atom stereocenters. The van der Waals surface area contributed by atoms with Crippen molar-refractivity contribution in [2.75, 3.05) is 13.2 Å². The minimum atomic E-state index is -0.451. The lowest BCUT2D eigenvalue weighted by molar-refractivity contribution is -0.117. The molecule has 2 aliphatic rings. The molecule has 2 aromatic carbocycles. The third-order valence-corrected chi connectivity index (χ3v) is 7.44. The Morgan fingerprint density at radius 1 is 1.20 bits per heavy atom. The Labute approximate surface area is 203 Å². The number of carbonyl (C=O) groups is 2. The lowest BCUT2D eigenvalue weighted by Gasteiger charge is -2.30. The molecule has 0 saturated heterocycles. The summed E-state index contributed by atoms with van der Waals surface area (Å²) in [6.07, 6.45) is 0.784. The Kier molecular flexibility index (Phi) is 5.03. The van der Waals surface area contributed by atoms with Crippen LogP contribution in [-0.2, 0) is 29.0 Å². The number of hydrogen-bond donors (Lipinski definition) is 3. The van der Waals surface area contributed by atoms with Gasteiger partial charge in [-0.15, -0.1) is 11.3 Å². The van der Waals surface area contributed by atoms with E-state index in [0.29, 0.717) is 29.0 Å². The lowest BCUT2D eigenvalue weighted by atomic mass is 9.96. The molecule has 0 spiro atoms. The second-order valence-electron chi connectivity index (χ2n) is 8.57. The van der Waals surface area contributed by atoms with Crippen LogP contribution in [0.3, 0.4) is 0 Å². The number of nitrogens with zero attached hydrogens (tertiary/aromatic N) is 2. The fourth-order valence-electron chi connectivity index (χ4n) is 4.66. The first-order chi connectivity index (χ1) is 17.0. The SMILES string of the molecule is NC1=C(N2CCc3ccc(CNC(=O)c4nc5sc6ccccc6c5c(=O)[nH]4)cc3C2)C(=O)CO1. The smallest absolute Gasteiger partial charge is 0.287 e. The zero-order valence-corrected chi connectivity index (χ0v) is 19.4. The molecule has 0 bridgehead atoms. The van der Waals surface area contributed by atoms with Gasteiger partial charge in [0.1, 0.15) is 10.5 Å². The van der Waals surface area contributed by atoms with Crippen LogP contribution in [0.2, 0.25) is 0 Å². The van der Waals surface area contributed by atoms with Gasteiger partial charge in [-0.05, 0) is 29.2 Å². The fraction of sp³-hybridized carbons (Fsp3) is 0.200. The number of aromatic amines is 1. The maximum atomic E-state index is 12.8. The predicted octanol–water partition coefficient (Wildman–Crippen LogP) is 2.15. The van der Waals surface area contributed by atoms with Crippen LogP contribution in [0.4, 0.5) is 0 Å². The van der Waals surface area contributed by atoms with Crippen LogP contribution >= 0.6 is 11.3 Å². The highest BCUT2D eigenvalue weighted by Gasteiger charge is 2.30. The Balaban J connectivity index is 1.20. The lowest BCUT2D eigenvalue weighted by Crippen LogP contribution is -2.33. The topological polar surface area (TPSA) is 130 Å². The quantitative estimate of drug-likeness (QED) is 0.402. The van der Waals surface area contributed by atoms with Gasteiger partial charge in [-0.25, -0.2) is 4.98 Å². The van der Waals surface area contributed by atoms with E-state index in [0.717, 1.165) is 27.6 Å². The number of amides is 1. The van der Waals surface area contributed by atoms with Crippen molar-refractivity contribution in [1.82, 2.24) is 20.2 Å². The van der Waals surface area contributed by atoms with E-state index in [2.05, 4.69) is 15.3 Å². The molecule has 35 heavy (non-hydrogen) atoms. The summed E-state index contributed by atoms with van der Waals surface area (Å²) in [4.78, 5) is 47.1. The van der Waals surface area contributed by atoms with Crippen LogP contribution in [0.25, 0.3) is 20.3 Å². The highest BCUT2D eigenvalue weighted by atomic mass is 32.1. The Bertz CT molecular complexity index is 1620. The van der Waals surface area contributed by atoms with Gasteiger partial charge < -0.3 is 25.7 Å². The number of fused-ring (bicyclic) bond motifs is 4. The minimum Gasteiger partial charge on any atom is -0.469 e. The zero-order valence-electron chi connectivity index (χ0n) is 18.6. The summed E-state index contributed by atoms with van der Waals surface area (Å²) in [6.45, 7) is 1.49. The van der Waals surface area contributed by atoms with Crippen molar-refractivity contribution >= 4 is 43.3 Å². The van der Waals surface area contributed by atoms with Gasteiger partial charge in [0, 0.05) is 29.7 Å². The molecule has 9 nitrogen and oxygen atoms in total. The molecule has 6 rings (SSSR count). The van der Waals surface area contributed by atoms with Gasteiger partial charge in [-0.3, -0.25) is 14.4 Å². The number of H-pyrrole nitrogens is 1. The Morgan fingerprint density at radius 2 is 2.06 bits per heavy atom. The van der Waals surface area contributed by atoms with Gasteiger partial charge >= 0.3 is 0 Å². The largest absolute Gasteiger partial charge is 0.469 e. The molecule has 2 aliphatic heterocycles. The summed E-state index contributed by atoms with van der Waals surface area (Å²) < 4.78 is 6.14. The van der Waals surface area contributed by atoms with Crippen molar-refractivity contribution in [2.24, 2.45) is 5.73 Å². The predicted molar refractivity (Wildman–Crippen MR) is 132 cm³/mol. The molecule has 0 fully saturated rings. The molecule has 4 heterocycles. The zero-order chi connectivity index (χ0) is 24.1. The summed E-state index contributed by atoms with van der Waals surface area (Å²) in [5.41, 5.74) is 9.16. The van der Waals surface area contributed by atoms with Crippen molar-refractivity contribution in [3.63, 3.8) is 0 Å². The molecule has 4 aromatic rings. The number of thiophene rings is 1. The highest BCUT2D eigenvalue weighted by molar-refractivity contribution is 7.25. The van der Waals surface area contributed by atoms with E-state index in [-0.39, 0.29) is 36.2 Å². The van der Waals surface area contributed by atoms with Gasteiger partial charge in [0.25, 0.3) is 11.5 Å². The molecule has 10 heteroatoms. The number of benzene rings is 2. The van der Waals surface area contributed by atoms with Gasteiger partial charge in [0.05, 0.1) is 5.39 Å². The summed E-state index contributed by atoms with van der Waals surface area (Å²) >= 11 is 1.39. The first-order valence-corrected chi connectivity index (χ1v) is 12.0. The monoisotopic (exact) mass is 487 g/mol. The van der Waals surface area contributed by atoms with Crippen LogP contribution in [0.1, 0.15) is 27.3 Å². The summed E-state index contributed by atoms with van der Waals surface area (Å²) in [5.74, 6) is -0.391. The Morgan fingerprint density at radius 3 is 2.89 bits per heavy atom. The molecule has 0 unspecified atom stereocenters. The number of nitrogens with two attached hydrogens (primary N) is 1. The molecule has 176 valence electrons. The van der Waals surface area contributed by atoms with Gasteiger partial charge in [-0.1, -0.05) is 36.4 Å². The van der Waals surface area contributed by atoms with E-state index in [4.69, 9.17) is 10.5 Å². The first kappa shape index (κ1) is 21.4. The molecule has 0 radical (unpaired) electrons. The number of hydrogen-bond acceptors (Lipinski definition) is 8. The van der Waals surface area contributed by atoms with E-state index in [1.807, 2.05) is 47.4 Å². The van der Waals surface area contributed by atoms with Crippen LogP contribution in [0.15, 0.2) is 58.8 Å². The number of nitrogens with one attached hydrogen (secondary N) is 2. The summed E-state index contributed by atoms with van der Waals surface area (Å²) in [6, 6.07) is 13.6. The van der Waals surface area contributed by atoms with Gasteiger partial charge in [0.2, 0.25) is 17.5 Å². The number of ketones is 1. The van der Waals surface area contributed by atoms with E-state index in [1.54, 1.807) is 0 Å². The van der Waals surface area contributed by atoms with Crippen LogP contribution < -0.4 is 16.6 Å².